The van der Waals surface area contributed by atoms with Gasteiger partial charge in [0.1, 0.15) is 0 Å². The Kier molecular flexibility index (Phi) is 3.87. The maximum Gasteiger partial charge on any atom is 0.0468 e. The van der Waals surface area contributed by atoms with Crippen molar-refractivity contribution in [1.29, 1.82) is 0 Å². The van der Waals surface area contributed by atoms with Gasteiger partial charge in [-0.15, -0.1) is 0 Å². The maximum absolute atomic E-state index is 5.56. The van der Waals surface area contributed by atoms with Crippen molar-refractivity contribution in [2.24, 2.45) is 17.6 Å². The lowest BCUT2D eigenvalue weighted by molar-refractivity contribution is 0.0597. The van der Waals surface area contributed by atoms with Crippen molar-refractivity contribution in [2.75, 3.05) is 19.8 Å². The smallest absolute Gasteiger partial charge is 0.0468 e. The lowest BCUT2D eigenvalue weighted by Crippen LogP contribution is -2.21. The number of ether oxygens (including phenoxy) is 1. The Balaban J connectivity index is 2.13. The lowest BCUT2D eigenvalue weighted by Gasteiger charge is -2.24. The minimum atomic E-state index is 0.693. The van der Waals surface area contributed by atoms with E-state index in [9.17, 15) is 0 Å². The summed E-state index contributed by atoms with van der Waals surface area (Å²) in [6, 6.07) is 0. The van der Waals surface area contributed by atoms with Crippen LogP contribution in [0.2, 0.25) is 0 Å². The van der Waals surface area contributed by atoms with Crippen LogP contribution in [0.15, 0.2) is 0 Å². The maximum atomic E-state index is 5.56. The van der Waals surface area contributed by atoms with Gasteiger partial charge >= 0.3 is 0 Å². The molecule has 0 spiro atoms. The molecule has 0 aromatic carbocycles. The van der Waals surface area contributed by atoms with Gasteiger partial charge in [0.15, 0.2) is 0 Å². The van der Waals surface area contributed by atoms with Gasteiger partial charge in [-0.1, -0.05) is 6.92 Å². The van der Waals surface area contributed by atoms with Crippen molar-refractivity contribution in [2.45, 2.75) is 26.2 Å². The van der Waals surface area contributed by atoms with E-state index in [0.717, 1.165) is 25.7 Å². The molecule has 1 heterocycles. The van der Waals surface area contributed by atoms with Crippen LogP contribution in [0.3, 0.4) is 0 Å². The van der Waals surface area contributed by atoms with E-state index in [1.165, 1.54) is 19.3 Å². The summed E-state index contributed by atoms with van der Waals surface area (Å²) >= 11 is 0. The second-order valence-electron chi connectivity index (χ2n) is 3.63. The van der Waals surface area contributed by atoms with E-state index in [0.29, 0.717) is 5.92 Å². The van der Waals surface area contributed by atoms with Crippen LogP contribution in [0.5, 0.6) is 0 Å². The molecule has 1 fully saturated rings. The average molecular weight is 157 g/mol. The molecule has 0 radical (unpaired) electrons. The van der Waals surface area contributed by atoms with Gasteiger partial charge in [-0.25, -0.2) is 0 Å². The Morgan fingerprint density at radius 2 is 2.09 bits per heavy atom. The molecule has 0 aromatic rings. The standard InChI is InChI=1S/C9H19NO/c1-8(7-10)6-9-2-4-11-5-3-9/h8-9H,2-7,10H2,1H3/t8-/m1/s1. The largest absolute Gasteiger partial charge is 0.381 e. The number of hydrogen-bond donors (Lipinski definition) is 1. The number of hydrogen-bond acceptors (Lipinski definition) is 2. The summed E-state index contributed by atoms with van der Waals surface area (Å²) in [6.45, 7) is 4.98. The minimum absolute atomic E-state index is 0.693. The van der Waals surface area contributed by atoms with Crippen molar-refractivity contribution in [3.63, 3.8) is 0 Å². The molecule has 0 amide bonds. The van der Waals surface area contributed by atoms with Crippen molar-refractivity contribution in [1.82, 2.24) is 0 Å². The molecule has 0 unspecified atom stereocenters. The van der Waals surface area contributed by atoms with Gasteiger partial charge in [0.05, 0.1) is 0 Å². The number of nitrogens with two attached hydrogens (primary N) is 1. The molecule has 11 heavy (non-hydrogen) atoms. The van der Waals surface area contributed by atoms with E-state index >= 15 is 0 Å². The minimum Gasteiger partial charge on any atom is -0.381 e. The van der Waals surface area contributed by atoms with E-state index < -0.39 is 0 Å². The summed E-state index contributed by atoms with van der Waals surface area (Å²) in [5.41, 5.74) is 5.56. The van der Waals surface area contributed by atoms with Crippen LogP contribution in [-0.2, 0) is 4.74 Å². The molecule has 0 aromatic heterocycles. The first kappa shape index (κ1) is 9.01. The predicted octanol–water partition coefficient (Wildman–Crippen LogP) is 1.40. The molecular formula is C9H19NO. The van der Waals surface area contributed by atoms with Crippen LogP contribution < -0.4 is 5.73 Å². The third-order valence-electron chi connectivity index (χ3n) is 2.48. The third kappa shape index (κ3) is 3.21. The summed E-state index contributed by atoms with van der Waals surface area (Å²) in [5.74, 6) is 1.57. The Labute approximate surface area is 69.1 Å². The fraction of sp³-hybridized carbons (Fsp3) is 1.00. The average Bonchev–Trinajstić information content (AvgIpc) is 2.06. The second kappa shape index (κ2) is 4.73. The zero-order chi connectivity index (χ0) is 8.10. The van der Waals surface area contributed by atoms with Crippen LogP contribution in [0.1, 0.15) is 26.2 Å². The first-order valence-corrected chi connectivity index (χ1v) is 4.60. The summed E-state index contributed by atoms with van der Waals surface area (Å²) in [5, 5.41) is 0. The van der Waals surface area contributed by atoms with Crippen molar-refractivity contribution in [3.05, 3.63) is 0 Å². The molecule has 0 saturated carbocycles. The van der Waals surface area contributed by atoms with E-state index in [1.807, 2.05) is 0 Å². The monoisotopic (exact) mass is 157 g/mol. The molecule has 1 atom stereocenters. The Morgan fingerprint density at radius 1 is 1.45 bits per heavy atom. The van der Waals surface area contributed by atoms with Crippen molar-refractivity contribution in [3.8, 4) is 0 Å². The molecular weight excluding hydrogens is 138 g/mol. The van der Waals surface area contributed by atoms with Crippen LogP contribution in [0.25, 0.3) is 0 Å². The van der Waals surface area contributed by atoms with Crippen LogP contribution in [0, 0.1) is 11.8 Å². The highest BCUT2D eigenvalue weighted by Gasteiger charge is 2.15. The van der Waals surface area contributed by atoms with Gasteiger partial charge in [0, 0.05) is 13.2 Å². The first-order chi connectivity index (χ1) is 5.33. The van der Waals surface area contributed by atoms with E-state index in [1.54, 1.807) is 0 Å². The predicted molar refractivity (Wildman–Crippen MR) is 46.4 cm³/mol. The van der Waals surface area contributed by atoms with Gasteiger partial charge in [-0.3, -0.25) is 0 Å². The highest BCUT2D eigenvalue weighted by Crippen LogP contribution is 2.21. The van der Waals surface area contributed by atoms with E-state index in [4.69, 9.17) is 10.5 Å². The van der Waals surface area contributed by atoms with Crippen LogP contribution in [-0.4, -0.2) is 19.8 Å². The quantitative estimate of drug-likeness (QED) is 0.672. The molecule has 2 nitrogen and oxygen atoms in total. The Morgan fingerprint density at radius 3 is 2.64 bits per heavy atom. The zero-order valence-electron chi connectivity index (χ0n) is 7.38. The lowest BCUT2D eigenvalue weighted by atomic mass is 9.90. The molecule has 2 heteroatoms. The van der Waals surface area contributed by atoms with Crippen molar-refractivity contribution < 1.29 is 4.74 Å². The summed E-state index contributed by atoms with van der Waals surface area (Å²) < 4.78 is 5.28. The van der Waals surface area contributed by atoms with E-state index in [2.05, 4.69) is 6.92 Å². The molecule has 0 aliphatic carbocycles. The molecule has 2 N–H and O–H groups in total. The highest BCUT2D eigenvalue weighted by atomic mass is 16.5. The summed E-state index contributed by atoms with van der Waals surface area (Å²) in [6.07, 6.45) is 3.77. The van der Waals surface area contributed by atoms with Gasteiger partial charge in [-0.2, -0.15) is 0 Å². The SMILES string of the molecule is C[C@@H](CN)CC1CCOCC1. The van der Waals surface area contributed by atoms with Gasteiger partial charge in [0.25, 0.3) is 0 Å². The first-order valence-electron chi connectivity index (χ1n) is 4.60. The summed E-state index contributed by atoms with van der Waals surface area (Å²) in [4.78, 5) is 0. The molecule has 66 valence electrons. The summed E-state index contributed by atoms with van der Waals surface area (Å²) in [7, 11) is 0. The van der Waals surface area contributed by atoms with Crippen LogP contribution in [0.4, 0.5) is 0 Å². The van der Waals surface area contributed by atoms with Gasteiger partial charge in [0.2, 0.25) is 0 Å². The fourth-order valence-corrected chi connectivity index (χ4v) is 1.65. The molecule has 1 rings (SSSR count). The van der Waals surface area contributed by atoms with Crippen molar-refractivity contribution >= 4 is 0 Å². The molecule has 1 aliphatic heterocycles. The normalized spacial score (nSPS) is 23.5. The molecule has 1 aliphatic rings. The highest BCUT2D eigenvalue weighted by molar-refractivity contribution is 4.66. The fourth-order valence-electron chi connectivity index (χ4n) is 1.65. The Bertz CT molecular complexity index is 99.7. The number of rotatable bonds is 3. The zero-order valence-corrected chi connectivity index (χ0v) is 7.38. The molecule has 0 bridgehead atoms. The van der Waals surface area contributed by atoms with Gasteiger partial charge < -0.3 is 10.5 Å². The van der Waals surface area contributed by atoms with Gasteiger partial charge in [-0.05, 0) is 37.6 Å². The topological polar surface area (TPSA) is 35.2 Å². The van der Waals surface area contributed by atoms with Crippen LogP contribution >= 0.6 is 0 Å². The van der Waals surface area contributed by atoms with E-state index in [-0.39, 0.29) is 0 Å². The second-order valence-corrected chi connectivity index (χ2v) is 3.63. The third-order valence-corrected chi connectivity index (χ3v) is 2.48. The molecule has 1 saturated heterocycles. The Hall–Kier alpha value is -0.0800.